The van der Waals surface area contributed by atoms with Gasteiger partial charge in [0.25, 0.3) is 0 Å². The number of epoxide rings is 2. The van der Waals surface area contributed by atoms with Gasteiger partial charge in [0.2, 0.25) is 5.91 Å². The average molecular weight is 489 g/mol. The summed E-state index contributed by atoms with van der Waals surface area (Å²) in [5.74, 6) is 1.03. The molecule has 4 saturated heterocycles. The van der Waals surface area contributed by atoms with Gasteiger partial charge in [0.05, 0.1) is 18.6 Å². The molecule has 4 aliphatic heterocycles. The molecule has 0 aromatic heterocycles. The van der Waals surface area contributed by atoms with Crippen LogP contribution >= 0.6 is 0 Å². The standard InChI is InChI=1S/C27H40N2O6/c1-16(2)7-8-20-26(3,35-20)23-22(32-4)19(9-10-27(23)15-33-27)34-25(31)29-13-17-18(14-29)21(17)24(30)28-11-5-6-12-28/h7,17-23H,5-6,8-15H2,1-4H3/t17-,18+,19-,20-,21?,22-,23-,26+,27+/m1/s1. The average Bonchev–Trinajstić information content (AvgIpc) is 3.75. The lowest BCUT2D eigenvalue weighted by Gasteiger charge is -2.43. The number of rotatable bonds is 6. The van der Waals surface area contributed by atoms with Crippen LogP contribution in [0.15, 0.2) is 11.6 Å². The van der Waals surface area contributed by atoms with Gasteiger partial charge in [-0.15, -0.1) is 0 Å². The summed E-state index contributed by atoms with van der Waals surface area (Å²) in [6.07, 6.45) is 6.17. The zero-order valence-electron chi connectivity index (χ0n) is 21.5. The van der Waals surface area contributed by atoms with E-state index in [0.717, 1.165) is 45.2 Å². The van der Waals surface area contributed by atoms with E-state index in [1.54, 1.807) is 12.0 Å². The van der Waals surface area contributed by atoms with Gasteiger partial charge in [0.15, 0.2) is 0 Å². The lowest BCUT2D eigenvalue weighted by Crippen LogP contribution is -2.56. The molecule has 4 heterocycles. The highest BCUT2D eigenvalue weighted by Crippen LogP contribution is 2.60. The maximum Gasteiger partial charge on any atom is 0.410 e. The van der Waals surface area contributed by atoms with E-state index < -0.39 is 0 Å². The Balaban J connectivity index is 1.07. The first-order chi connectivity index (χ1) is 16.8. The maximum atomic E-state index is 13.1. The normalized spacial score (nSPS) is 45.3. The van der Waals surface area contributed by atoms with Crippen molar-refractivity contribution < 1.29 is 28.5 Å². The van der Waals surface area contributed by atoms with Gasteiger partial charge in [-0.3, -0.25) is 4.79 Å². The molecule has 6 fully saturated rings. The van der Waals surface area contributed by atoms with Crippen LogP contribution < -0.4 is 0 Å². The fourth-order valence-corrected chi connectivity index (χ4v) is 7.46. The summed E-state index contributed by atoms with van der Waals surface area (Å²) in [6, 6.07) is 0. The van der Waals surface area contributed by atoms with Gasteiger partial charge in [-0.2, -0.15) is 0 Å². The Hall–Kier alpha value is -1.64. The third kappa shape index (κ3) is 4.00. The van der Waals surface area contributed by atoms with E-state index in [1.165, 1.54) is 5.57 Å². The smallest absolute Gasteiger partial charge is 0.410 e. The van der Waals surface area contributed by atoms with Gasteiger partial charge in [0.1, 0.15) is 23.4 Å². The van der Waals surface area contributed by atoms with Gasteiger partial charge < -0.3 is 28.7 Å². The molecule has 35 heavy (non-hydrogen) atoms. The number of hydrogen-bond acceptors (Lipinski definition) is 6. The molecular weight excluding hydrogens is 448 g/mol. The second kappa shape index (κ2) is 8.45. The molecule has 1 unspecified atom stereocenters. The van der Waals surface area contributed by atoms with E-state index in [0.29, 0.717) is 37.4 Å². The zero-order chi connectivity index (χ0) is 24.5. The van der Waals surface area contributed by atoms with E-state index in [-0.39, 0.29) is 47.4 Å². The molecule has 2 aliphatic carbocycles. The molecule has 1 spiro atoms. The minimum atomic E-state index is -0.341. The number of nitrogens with zero attached hydrogens (tertiary/aromatic N) is 2. The van der Waals surface area contributed by atoms with Gasteiger partial charge in [-0.25, -0.2) is 4.79 Å². The molecule has 9 atom stereocenters. The molecule has 0 bridgehead atoms. The second-order valence-electron chi connectivity index (χ2n) is 12.1. The van der Waals surface area contributed by atoms with Crippen LogP contribution in [0.2, 0.25) is 0 Å². The van der Waals surface area contributed by atoms with Crippen LogP contribution in [-0.4, -0.2) is 91.2 Å². The first-order valence-electron chi connectivity index (χ1n) is 13.5. The van der Waals surface area contributed by atoms with Crippen molar-refractivity contribution in [1.82, 2.24) is 9.80 Å². The van der Waals surface area contributed by atoms with Crippen molar-refractivity contribution in [2.45, 2.75) is 82.4 Å². The van der Waals surface area contributed by atoms with Crippen LogP contribution in [0.4, 0.5) is 4.79 Å². The lowest BCUT2D eigenvalue weighted by molar-refractivity contribution is -0.132. The number of methoxy groups -OCH3 is 1. The number of piperidine rings is 1. The van der Waals surface area contributed by atoms with Gasteiger partial charge in [-0.05, 0) is 64.7 Å². The second-order valence-corrected chi connectivity index (χ2v) is 12.1. The maximum absolute atomic E-state index is 13.1. The van der Waals surface area contributed by atoms with Crippen LogP contribution in [0.25, 0.3) is 0 Å². The first-order valence-corrected chi connectivity index (χ1v) is 13.5. The summed E-state index contributed by atoms with van der Waals surface area (Å²) in [7, 11) is 1.70. The van der Waals surface area contributed by atoms with Crippen molar-refractivity contribution in [3.63, 3.8) is 0 Å². The topological polar surface area (TPSA) is 84.1 Å². The van der Waals surface area contributed by atoms with Gasteiger partial charge >= 0.3 is 6.09 Å². The van der Waals surface area contributed by atoms with Gasteiger partial charge in [0, 0.05) is 39.2 Å². The molecule has 2 saturated carbocycles. The van der Waals surface area contributed by atoms with Crippen molar-refractivity contribution in [1.29, 1.82) is 0 Å². The first kappa shape index (κ1) is 23.7. The molecule has 0 aromatic rings. The number of likely N-dealkylation sites (tertiary alicyclic amines) is 2. The number of ether oxygens (including phenoxy) is 4. The Kier molecular flexibility index (Phi) is 5.73. The molecule has 8 nitrogen and oxygen atoms in total. The molecule has 0 radical (unpaired) electrons. The minimum Gasteiger partial charge on any atom is -0.443 e. The molecule has 6 aliphatic rings. The molecule has 2 amide bonds. The SMILES string of the molecule is CO[C@@H]1[C@H](OC(=O)N2C[C@@H]3C(C(=O)N4CCCC4)[C@@H]3C2)CC[C@]2(CO2)[C@H]1[C@@]1(C)O[C@@H]1CC=C(C)C. The predicted molar refractivity (Wildman–Crippen MR) is 128 cm³/mol. The van der Waals surface area contributed by atoms with Crippen molar-refractivity contribution in [2.75, 3.05) is 39.9 Å². The molecule has 6 rings (SSSR count). The molecule has 194 valence electrons. The van der Waals surface area contributed by atoms with Crippen LogP contribution in [0.5, 0.6) is 0 Å². The van der Waals surface area contributed by atoms with Crippen LogP contribution in [0, 0.1) is 23.7 Å². The number of carbonyl (C=O) groups is 2. The number of fused-ring (bicyclic) bond motifs is 1. The summed E-state index contributed by atoms with van der Waals surface area (Å²) < 4.78 is 24.4. The molecule has 8 heteroatoms. The number of allylic oxidation sites excluding steroid dienone is 1. The largest absolute Gasteiger partial charge is 0.443 e. The fourth-order valence-electron chi connectivity index (χ4n) is 7.46. The van der Waals surface area contributed by atoms with E-state index >= 15 is 0 Å². The Labute approximate surface area is 208 Å². The number of hydrogen-bond donors (Lipinski definition) is 0. The predicted octanol–water partition coefficient (Wildman–Crippen LogP) is 3.00. The summed E-state index contributed by atoms with van der Waals surface area (Å²) in [6.45, 7) is 10.1. The Morgan fingerprint density at radius 3 is 2.40 bits per heavy atom. The van der Waals surface area contributed by atoms with Gasteiger partial charge in [-0.1, -0.05) is 11.6 Å². The number of amides is 2. The Morgan fingerprint density at radius 1 is 1.11 bits per heavy atom. The highest BCUT2D eigenvalue weighted by Gasteiger charge is 2.72. The summed E-state index contributed by atoms with van der Waals surface area (Å²) in [5.41, 5.74) is 0.718. The van der Waals surface area contributed by atoms with E-state index in [1.807, 2.05) is 4.90 Å². The minimum absolute atomic E-state index is 0.0246. The van der Waals surface area contributed by atoms with E-state index in [2.05, 4.69) is 26.8 Å². The highest BCUT2D eigenvalue weighted by atomic mass is 16.6. The molecular formula is C27H40N2O6. The molecule has 0 N–H and O–H groups in total. The quantitative estimate of drug-likeness (QED) is 0.422. The third-order valence-electron chi connectivity index (χ3n) is 9.64. The monoisotopic (exact) mass is 488 g/mol. The van der Waals surface area contributed by atoms with Crippen LogP contribution in [0.3, 0.4) is 0 Å². The van der Waals surface area contributed by atoms with Crippen molar-refractivity contribution in [3.8, 4) is 0 Å². The van der Waals surface area contributed by atoms with Crippen molar-refractivity contribution >= 4 is 12.0 Å². The Morgan fingerprint density at radius 2 is 1.80 bits per heavy atom. The van der Waals surface area contributed by atoms with Crippen molar-refractivity contribution in [2.24, 2.45) is 23.7 Å². The zero-order valence-corrected chi connectivity index (χ0v) is 21.5. The van der Waals surface area contributed by atoms with E-state index in [4.69, 9.17) is 18.9 Å². The molecule has 0 aromatic carbocycles. The summed E-state index contributed by atoms with van der Waals surface area (Å²) >= 11 is 0. The van der Waals surface area contributed by atoms with Crippen molar-refractivity contribution in [3.05, 3.63) is 11.6 Å². The summed E-state index contributed by atoms with van der Waals surface area (Å²) in [5, 5.41) is 0. The Bertz CT molecular complexity index is 895. The third-order valence-corrected chi connectivity index (χ3v) is 9.64. The van der Waals surface area contributed by atoms with Crippen LogP contribution in [0.1, 0.15) is 52.9 Å². The highest BCUT2D eigenvalue weighted by molar-refractivity contribution is 5.83. The fraction of sp³-hybridized carbons (Fsp3) is 0.852. The van der Waals surface area contributed by atoms with Crippen LogP contribution in [-0.2, 0) is 23.7 Å². The summed E-state index contributed by atoms with van der Waals surface area (Å²) in [4.78, 5) is 29.7. The number of carbonyl (C=O) groups excluding carboxylic acids is 2. The van der Waals surface area contributed by atoms with E-state index in [9.17, 15) is 9.59 Å². The lowest BCUT2D eigenvalue weighted by atomic mass is 9.68.